The van der Waals surface area contributed by atoms with Crippen LogP contribution in [-0.4, -0.2) is 24.8 Å². The molecule has 1 saturated heterocycles. The summed E-state index contributed by atoms with van der Waals surface area (Å²) in [4.78, 5) is 0. The van der Waals surface area contributed by atoms with E-state index in [1.54, 1.807) is 0 Å². The van der Waals surface area contributed by atoms with E-state index in [-0.39, 0.29) is 0 Å². The van der Waals surface area contributed by atoms with Crippen LogP contribution >= 0.6 is 0 Å². The quantitative estimate of drug-likeness (QED) is 0.519. The Hall–Kier alpha value is -0.0800. The SMILES string of the molecule is OCC12CCNCC1C2. The normalized spacial score (nSPS) is 48.3. The highest BCUT2D eigenvalue weighted by Gasteiger charge is 2.54. The van der Waals surface area contributed by atoms with Gasteiger partial charge in [0.05, 0.1) is 0 Å². The Bertz CT molecular complexity index is 126. The van der Waals surface area contributed by atoms with E-state index in [0.717, 1.165) is 19.0 Å². The lowest BCUT2D eigenvalue weighted by Crippen LogP contribution is -2.30. The molecule has 0 aromatic carbocycles. The van der Waals surface area contributed by atoms with Crippen LogP contribution in [0.4, 0.5) is 0 Å². The maximum absolute atomic E-state index is 8.96. The lowest BCUT2D eigenvalue weighted by atomic mass is 9.98. The van der Waals surface area contributed by atoms with E-state index in [4.69, 9.17) is 5.11 Å². The van der Waals surface area contributed by atoms with E-state index in [2.05, 4.69) is 5.32 Å². The van der Waals surface area contributed by atoms with Crippen LogP contribution in [0, 0.1) is 11.3 Å². The van der Waals surface area contributed by atoms with Gasteiger partial charge in [-0.05, 0) is 37.3 Å². The van der Waals surface area contributed by atoms with Crippen LogP contribution in [0.2, 0.25) is 0 Å². The second-order valence-electron chi connectivity index (χ2n) is 3.38. The highest BCUT2D eigenvalue weighted by atomic mass is 16.3. The predicted octanol–water partition coefficient (Wildman–Crippen LogP) is -0.0217. The van der Waals surface area contributed by atoms with Crippen molar-refractivity contribution in [3.8, 4) is 0 Å². The number of hydrogen-bond donors (Lipinski definition) is 2. The zero-order chi connectivity index (χ0) is 6.32. The molecule has 1 aliphatic carbocycles. The van der Waals surface area contributed by atoms with E-state index >= 15 is 0 Å². The van der Waals surface area contributed by atoms with Gasteiger partial charge < -0.3 is 10.4 Å². The Morgan fingerprint density at radius 3 is 3.11 bits per heavy atom. The first-order valence-electron chi connectivity index (χ1n) is 3.69. The lowest BCUT2D eigenvalue weighted by Gasteiger charge is -2.19. The maximum atomic E-state index is 8.96. The van der Waals surface area contributed by atoms with Crippen molar-refractivity contribution in [3.63, 3.8) is 0 Å². The Morgan fingerprint density at radius 2 is 2.56 bits per heavy atom. The molecule has 2 N–H and O–H groups in total. The van der Waals surface area contributed by atoms with Gasteiger partial charge in [-0.3, -0.25) is 0 Å². The average molecular weight is 127 g/mol. The smallest absolute Gasteiger partial charge is 0.0491 e. The molecule has 2 rings (SSSR count). The van der Waals surface area contributed by atoms with Crippen molar-refractivity contribution in [2.45, 2.75) is 12.8 Å². The maximum Gasteiger partial charge on any atom is 0.0491 e. The van der Waals surface area contributed by atoms with Crippen LogP contribution < -0.4 is 5.32 Å². The first kappa shape index (κ1) is 5.69. The van der Waals surface area contributed by atoms with E-state index in [1.165, 1.54) is 12.8 Å². The molecule has 2 aliphatic rings. The Labute approximate surface area is 55.3 Å². The van der Waals surface area contributed by atoms with Crippen molar-refractivity contribution in [2.75, 3.05) is 19.7 Å². The van der Waals surface area contributed by atoms with Crippen LogP contribution in [0.25, 0.3) is 0 Å². The fourth-order valence-corrected chi connectivity index (χ4v) is 1.91. The molecule has 1 heterocycles. The number of aliphatic hydroxyl groups is 1. The molecular formula is C7H13NO. The number of piperidine rings is 1. The zero-order valence-electron chi connectivity index (χ0n) is 5.56. The Kier molecular flexibility index (Phi) is 1.08. The molecule has 0 amide bonds. The fourth-order valence-electron chi connectivity index (χ4n) is 1.91. The summed E-state index contributed by atoms with van der Waals surface area (Å²) in [5.41, 5.74) is 0.380. The van der Waals surface area contributed by atoms with Gasteiger partial charge in [0, 0.05) is 6.61 Å². The fraction of sp³-hybridized carbons (Fsp3) is 1.00. The van der Waals surface area contributed by atoms with E-state index < -0.39 is 0 Å². The van der Waals surface area contributed by atoms with Crippen molar-refractivity contribution in [1.82, 2.24) is 5.32 Å². The summed E-state index contributed by atoms with van der Waals surface area (Å²) in [6, 6.07) is 0. The van der Waals surface area contributed by atoms with Gasteiger partial charge in [-0.25, -0.2) is 0 Å². The summed E-state index contributed by atoms with van der Waals surface area (Å²) in [6.07, 6.45) is 2.45. The molecule has 0 radical (unpaired) electrons. The number of fused-ring (bicyclic) bond motifs is 1. The summed E-state index contributed by atoms with van der Waals surface area (Å²) < 4.78 is 0. The molecule has 2 unspecified atom stereocenters. The standard InChI is InChI=1S/C7H13NO/c9-5-7-1-2-8-4-6(7)3-7/h6,8-9H,1-5H2. The number of rotatable bonds is 1. The molecule has 1 saturated carbocycles. The van der Waals surface area contributed by atoms with Crippen molar-refractivity contribution >= 4 is 0 Å². The molecule has 2 heteroatoms. The minimum absolute atomic E-state index is 0.380. The summed E-state index contributed by atoms with van der Waals surface area (Å²) >= 11 is 0. The molecule has 0 aromatic rings. The first-order valence-corrected chi connectivity index (χ1v) is 3.69. The average Bonchev–Trinajstić information content (AvgIpc) is 2.62. The first-order chi connectivity index (χ1) is 4.37. The van der Waals surface area contributed by atoms with Crippen molar-refractivity contribution in [1.29, 1.82) is 0 Å². The third kappa shape index (κ3) is 0.700. The van der Waals surface area contributed by atoms with Crippen LogP contribution in [0.15, 0.2) is 0 Å². The van der Waals surface area contributed by atoms with Crippen LogP contribution in [0.3, 0.4) is 0 Å². The largest absolute Gasteiger partial charge is 0.396 e. The van der Waals surface area contributed by atoms with Crippen molar-refractivity contribution in [3.05, 3.63) is 0 Å². The van der Waals surface area contributed by atoms with E-state index in [9.17, 15) is 0 Å². The number of aliphatic hydroxyl groups excluding tert-OH is 1. The summed E-state index contributed by atoms with van der Waals surface area (Å²) in [5.74, 6) is 0.802. The Balaban J connectivity index is 2.01. The van der Waals surface area contributed by atoms with Gasteiger partial charge in [0.1, 0.15) is 0 Å². The lowest BCUT2D eigenvalue weighted by molar-refractivity contribution is 0.176. The summed E-state index contributed by atoms with van der Waals surface area (Å²) in [6.45, 7) is 2.66. The van der Waals surface area contributed by atoms with Gasteiger partial charge >= 0.3 is 0 Å². The monoisotopic (exact) mass is 127 g/mol. The van der Waals surface area contributed by atoms with Gasteiger partial charge in [-0.1, -0.05) is 0 Å². The minimum Gasteiger partial charge on any atom is -0.396 e. The predicted molar refractivity (Wildman–Crippen MR) is 35.1 cm³/mol. The van der Waals surface area contributed by atoms with Crippen molar-refractivity contribution < 1.29 is 5.11 Å². The zero-order valence-corrected chi connectivity index (χ0v) is 5.56. The van der Waals surface area contributed by atoms with Crippen LogP contribution in [0.5, 0.6) is 0 Å². The van der Waals surface area contributed by atoms with Gasteiger partial charge in [0.15, 0.2) is 0 Å². The van der Waals surface area contributed by atoms with Gasteiger partial charge in [0.25, 0.3) is 0 Å². The van der Waals surface area contributed by atoms with Gasteiger partial charge in [0.2, 0.25) is 0 Å². The highest BCUT2D eigenvalue weighted by Crippen LogP contribution is 2.55. The second-order valence-corrected chi connectivity index (χ2v) is 3.38. The number of hydrogen-bond acceptors (Lipinski definition) is 2. The molecule has 0 spiro atoms. The Morgan fingerprint density at radius 1 is 1.67 bits per heavy atom. The molecule has 52 valence electrons. The molecule has 0 aromatic heterocycles. The molecular weight excluding hydrogens is 114 g/mol. The second kappa shape index (κ2) is 1.70. The van der Waals surface area contributed by atoms with Crippen molar-refractivity contribution in [2.24, 2.45) is 11.3 Å². The van der Waals surface area contributed by atoms with E-state index in [1.807, 2.05) is 0 Å². The minimum atomic E-state index is 0.380. The molecule has 1 aliphatic heterocycles. The third-order valence-corrected chi connectivity index (χ3v) is 2.86. The summed E-state index contributed by atoms with van der Waals surface area (Å²) in [5, 5.41) is 12.3. The molecule has 2 nitrogen and oxygen atoms in total. The van der Waals surface area contributed by atoms with Gasteiger partial charge in [-0.2, -0.15) is 0 Å². The third-order valence-electron chi connectivity index (χ3n) is 2.86. The molecule has 9 heavy (non-hydrogen) atoms. The molecule has 2 atom stereocenters. The van der Waals surface area contributed by atoms with E-state index in [0.29, 0.717) is 12.0 Å². The topological polar surface area (TPSA) is 32.3 Å². The van der Waals surface area contributed by atoms with Gasteiger partial charge in [-0.15, -0.1) is 0 Å². The highest BCUT2D eigenvalue weighted by molar-refractivity contribution is 5.05. The van der Waals surface area contributed by atoms with Crippen LogP contribution in [-0.2, 0) is 0 Å². The number of nitrogens with one attached hydrogen (secondary N) is 1. The van der Waals surface area contributed by atoms with Crippen LogP contribution in [0.1, 0.15) is 12.8 Å². The molecule has 2 fully saturated rings. The summed E-state index contributed by atoms with van der Waals surface area (Å²) in [7, 11) is 0. The molecule has 0 bridgehead atoms.